The van der Waals surface area contributed by atoms with E-state index in [2.05, 4.69) is 0 Å². The van der Waals surface area contributed by atoms with E-state index in [0.29, 0.717) is 6.07 Å². The van der Waals surface area contributed by atoms with Gasteiger partial charge in [-0.2, -0.15) is 18.4 Å². The van der Waals surface area contributed by atoms with Crippen LogP contribution in [0.5, 0.6) is 0 Å². The number of hydrogen-bond donors (Lipinski definition) is 1. The van der Waals surface area contributed by atoms with Crippen LogP contribution in [0.15, 0.2) is 30.4 Å². The van der Waals surface area contributed by atoms with E-state index < -0.39 is 50.0 Å². The van der Waals surface area contributed by atoms with E-state index >= 15 is 0 Å². The molecule has 1 heterocycles. The molecule has 1 aromatic rings. The Morgan fingerprint density at radius 3 is 2.62 bits per heavy atom. The molecule has 138 valence electrons. The van der Waals surface area contributed by atoms with Crippen LogP contribution in [0.1, 0.15) is 18.1 Å². The fourth-order valence-electron chi connectivity index (χ4n) is 4.69. The van der Waals surface area contributed by atoms with Crippen molar-refractivity contribution in [3.8, 4) is 6.07 Å². The summed E-state index contributed by atoms with van der Waals surface area (Å²) in [5, 5.41) is 19.2. The van der Waals surface area contributed by atoms with Crippen molar-refractivity contribution < 1.29 is 26.7 Å². The largest absolute Gasteiger partial charge is 0.417 e. The molecule has 3 aliphatic rings. The van der Waals surface area contributed by atoms with Gasteiger partial charge in [-0.05, 0) is 25.1 Å². The van der Waals surface area contributed by atoms with Crippen LogP contribution in [-0.2, 0) is 16.2 Å². The molecule has 2 aliphatic carbocycles. The van der Waals surface area contributed by atoms with Gasteiger partial charge in [-0.1, -0.05) is 12.2 Å². The van der Waals surface area contributed by atoms with Crippen LogP contribution in [0.4, 0.5) is 18.9 Å². The van der Waals surface area contributed by atoms with Crippen molar-refractivity contribution >= 4 is 15.7 Å². The Hall–Kier alpha value is -2.05. The maximum Gasteiger partial charge on any atom is 0.417 e. The highest BCUT2D eigenvalue weighted by Crippen LogP contribution is 2.59. The van der Waals surface area contributed by atoms with Crippen LogP contribution in [0, 0.1) is 29.1 Å². The van der Waals surface area contributed by atoms with Crippen molar-refractivity contribution in [3.05, 3.63) is 41.5 Å². The first-order valence-corrected chi connectivity index (χ1v) is 9.47. The van der Waals surface area contributed by atoms with Crippen LogP contribution >= 0.6 is 0 Å². The van der Waals surface area contributed by atoms with Gasteiger partial charge in [0.2, 0.25) is 10.0 Å². The van der Waals surface area contributed by atoms with Gasteiger partial charge in [0.05, 0.1) is 29.0 Å². The molecule has 4 rings (SSSR count). The maximum atomic E-state index is 13.2. The first-order chi connectivity index (χ1) is 12.0. The Kier molecular flexibility index (Phi) is 3.35. The number of alkyl halides is 3. The minimum Gasteiger partial charge on any atom is -0.392 e. The molecule has 0 aromatic heterocycles. The first kappa shape index (κ1) is 17.4. The van der Waals surface area contributed by atoms with Crippen molar-refractivity contribution in [1.82, 2.24) is 0 Å². The highest BCUT2D eigenvalue weighted by Gasteiger charge is 2.70. The summed E-state index contributed by atoms with van der Waals surface area (Å²) < 4.78 is 65.8. The Bertz CT molecular complexity index is 966. The van der Waals surface area contributed by atoms with Crippen LogP contribution in [0.25, 0.3) is 0 Å². The van der Waals surface area contributed by atoms with E-state index in [4.69, 9.17) is 5.26 Å². The maximum absolute atomic E-state index is 13.2. The summed E-state index contributed by atoms with van der Waals surface area (Å²) >= 11 is 0. The van der Waals surface area contributed by atoms with Gasteiger partial charge in [0.25, 0.3) is 0 Å². The molecule has 5 nitrogen and oxygen atoms in total. The average molecular weight is 384 g/mol. The quantitative estimate of drug-likeness (QED) is 0.754. The topological polar surface area (TPSA) is 81.4 Å². The van der Waals surface area contributed by atoms with E-state index in [9.17, 15) is 26.7 Å². The van der Waals surface area contributed by atoms with Gasteiger partial charge in [0, 0.05) is 24.3 Å². The molecule has 1 unspecified atom stereocenters. The van der Waals surface area contributed by atoms with Gasteiger partial charge < -0.3 is 5.11 Å². The molecule has 9 heteroatoms. The number of hydrogen-bond acceptors (Lipinski definition) is 4. The van der Waals surface area contributed by atoms with Crippen LogP contribution < -0.4 is 4.31 Å². The van der Waals surface area contributed by atoms with E-state index in [1.54, 1.807) is 19.1 Å². The molecule has 1 saturated heterocycles. The average Bonchev–Trinajstić information content (AvgIpc) is 3.11. The summed E-state index contributed by atoms with van der Waals surface area (Å²) in [6, 6.07) is 4.42. The smallest absolute Gasteiger partial charge is 0.392 e. The van der Waals surface area contributed by atoms with E-state index in [1.807, 2.05) is 0 Å². The molecule has 2 bridgehead atoms. The highest BCUT2D eigenvalue weighted by atomic mass is 32.2. The molecular weight excluding hydrogens is 369 g/mol. The summed E-state index contributed by atoms with van der Waals surface area (Å²) in [4.78, 5) is 0. The second-order valence-corrected chi connectivity index (χ2v) is 9.42. The van der Waals surface area contributed by atoms with Crippen molar-refractivity contribution in [2.24, 2.45) is 17.8 Å². The number of rotatable bonds is 1. The van der Waals surface area contributed by atoms with Crippen molar-refractivity contribution in [1.29, 1.82) is 5.26 Å². The van der Waals surface area contributed by atoms with Crippen molar-refractivity contribution in [3.63, 3.8) is 0 Å². The lowest BCUT2D eigenvalue weighted by Gasteiger charge is -2.31. The predicted molar refractivity (Wildman–Crippen MR) is 86.4 cm³/mol. The molecular formula is C17H15F3N2O3S. The fraction of sp³-hybridized carbons (Fsp3) is 0.471. The number of aliphatic hydroxyl groups is 1. The number of anilines is 1. The van der Waals surface area contributed by atoms with Gasteiger partial charge >= 0.3 is 6.18 Å². The highest BCUT2D eigenvalue weighted by molar-refractivity contribution is 7.94. The Morgan fingerprint density at radius 1 is 1.35 bits per heavy atom. The summed E-state index contributed by atoms with van der Waals surface area (Å²) in [6.45, 7) is 1.56. The number of halogens is 3. The zero-order chi connectivity index (χ0) is 19.1. The fourth-order valence-corrected chi connectivity index (χ4v) is 7.09. The van der Waals surface area contributed by atoms with E-state index in [1.165, 1.54) is 12.1 Å². The molecule has 1 aromatic carbocycles. The normalized spacial score (nSPS) is 37.0. The van der Waals surface area contributed by atoms with Gasteiger partial charge in [0.15, 0.2) is 0 Å². The van der Waals surface area contributed by atoms with E-state index in [-0.39, 0.29) is 18.2 Å². The molecule has 0 amide bonds. The van der Waals surface area contributed by atoms with Crippen LogP contribution in [-0.4, -0.2) is 30.9 Å². The monoisotopic (exact) mass is 384 g/mol. The lowest BCUT2D eigenvalue weighted by atomic mass is 9.83. The summed E-state index contributed by atoms with van der Waals surface area (Å²) in [5.74, 6) is -1.30. The number of sulfonamides is 1. The lowest BCUT2D eigenvalue weighted by molar-refractivity contribution is -0.137. The molecule has 5 atom stereocenters. The van der Waals surface area contributed by atoms with Crippen molar-refractivity contribution in [2.75, 3.05) is 10.8 Å². The van der Waals surface area contributed by atoms with Gasteiger partial charge in [-0.15, -0.1) is 0 Å². The first-order valence-electron chi connectivity index (χ1n) is 8.03. The van der Waals surface area contributed by atoms with Gasteiger partial charge in [-0.25, -0.2) is 8.42 Å². The standard InChI is InChI=1S/C17H15F3N2O3S/c1-16-12-5-4-11(15(12)23)14(16)8-22(26(16,24)25)10-3-2-9(7-21)13(6-10)17(18,19)20/h2-6,11-12,14-15,23H,8H2,1H3/t11-,12-,14-,15?,16+/m0/s1. The SMILES string of the molecule is C[C@@]12[C@H]3C=C[C@H](C3O)[C@@H]1CN(c1ccc(C#N)c(C(F)(F)F)c1)S2(=O)=O. The second kappa shape index (κ2) is 5.02. The number of fused-ring (bicyclic) bond motifs is 5. The summed E-state index contributed by atoms with van der Waals surface area (Å²) in [5.41, 5.74) is -1.82. The molecule has 1 N–H and O–H groups in total. The molecule has 0 radical (unpaired) electrons. The van der Waals surface area contributed by atoms with Crippen molar-refractivity contribution in [2.45, 2.75) is 24.0 Å². The molecule has 1 saturated carbocycles. The Balaban J connectivity index is 1.82. The number of benzene rings is 1. The number of nitriles is 1. The van der Waals surface area contributed by atoms with Gasteiger partial charge in [0.1, 0.15) is 4.75 Å². The third-order valence-corrected chi connectivity index (χ3v) is 8.72. The molecule has 1 aliphatic heterocycles. The third kappa shape index (κ3) is 1.91. The molecule has 0 spiro atoms. The Morgan fingerprint density at radius 2 is 2.04 bits per heavy atom. The zero-order valence-corrected chi connectivity index (χ0v) is 14.4. The van der Waals surface area contributed by atoms with Gasteiger partial charge in [-0.3, -0.25) is 4.31 Å². The zero-order valence-electron chi connectivity index (χ0n) is 13.6. The summed E-state index contributed by atoms with van der Waals surface area (Å²) in [6.07, 6.45) is -2.07. The lowest BCUT2D eigenvalue weighted by Crippen LogP contribution is -2.44. The third-order valence-electron chi connectivity index (χ3n) is 6.09. The summed E-state index contributed by atoms with van der Waals surface area (Å²) in [7, 11) is -3.99. The number of aliphatic hydroxyl groups excluding tert-OH is 1. The van der Waals surface area contributed by atoms with Crippen LogP contribution in [0.2, 0.25) is 0 Å². The Labute approximate surface area is 148 Å². The van der Waals surface area contributed by atoms with Crippen LogP contribution in [0.3, 0.4) is 0 Å². The minimum absolute atomic E-state index is 0.00456. The van der Waals surface area contributed by atoms with E-state index in [0.717, 1.165) is 10.4 Å². The molecule has 26 heavy (non-hydrogen) atoms. The minimum atomic E-state index is -4.76. The second-order valence-electron chi connectivity index (χ2n) is 7.14. The predicted octanol–water partition coefficient (Wildman–Crippen LogP) is 2.28. The molecule has 2 fully saturated rings. The number of nitrogens with zero attached hydrogens (tertiary/aromatic N) is 2.